The fourth-order valence-corrected chi connectivity index (χ4v) is 2.21. The van der Waals surface area contributed by atoms with E-state index in [0.717, 1.165) is 0 Å². The molecule has 0 bridgehead atoms. The molecule has 0 aromatic rings. The molecule has 1 fully saturated rings. The third-order valence-electron chi connectivity index (χ3n) is 1.88. The van der Waals surface area contributed by atoms with E-state index in [1.165, 1.54) is 4.31 Å². The van der Waals surface area contributed by atoms with Gasteiger partial charge in [0.2, 0.25) is 0 Å². The number of nitrogens with zero attached hydrogens (tertiary/aromatic N) is 1. The van der Waals surface area contributed by atoms with Crippen LogP contribution in [0.15, 0.2) is 0 Å². The molecule has 5 nitrogen and oxygen atoms in total. The molecular formula is C6H14N2O3S. The summed E-state index contributed by atoms with van der Waals surface area (Å²) >= 11 is 0. The Hall–Kier alpha value is -0.170. The van der Waals surface area contributed by atoms with E-state index in [4.69, 9.17) is 9.88 Å². The fourth-order valence-electron chi connectivity index (χ4n) is 1.23. The van der Waals surface area contributed by atoms with Crippen LogP contribution in [0.3, 0.4) is 0 Å². The van der Waals surface area contributed by atoms with E-state index in [1.54, 1.807) is 6.92 Å². The van der Waals surface area contributed by atoms with Gasteiger partial charge in [0.1, 0.15) is 0 Å². The third kappa shape index (κ3) is 2.16. The molecular weight excluding hydrogens is 180 g/mol. The van der Waals surface area contributed by atoms with Crippen LogP contribution in [0.1, 0.15) is 13.8 Å². The molecule has 0 spiro atoms. The van der Waals surface area contributed by atoms with Crippen LogP contribution in [0.2, 0.25) is 0 Å². The van der Waals surface area contributed by atoms with Gasteiger partial charge in [-0.25, -0.2) is 5.14 Å². The Morgan fingerprint density at radius 1 is 1.50 bits per heavy atom. The summed E-state index contributed by atoms with van der Waals surface area (Å²) in [5.74, 6) is 0. The van der Waals surface area contributed by atoms with Crippen LogP contribution in [-0.4, -0.2) is 38.0 Å². The van der Waals surface area contributed by atoms with Crippen LogP contribution >= 0.6 is 0 Å². The molecule has 1 aliphatic heterocycles. The molecule has 1 saturated heterocycles. The van der Waals surface area contributed by atoms with E-state index in [-0.39, 0.29) is 12.1 Å². The second-order valence-electron chi connectivity index (χ2n) is 3.11. The third-order valence-corrected chi connectivity index (χ3v) is 3.04. The van der Waals surface area contributed by atoms with E-state index in [9.17, 15) is 8.42 Å². The van der Waals surface area contributed by atoms with Crippen LogP contribution < -0.4 is 5.14 Å². The minimum absolute atomic E-state index is 0.0699. The minimum atomic E-state index is -3.55. The molecule has 12 heavy (non-hydrogen) atoms. The molecule has 1 heterocycles. The van der Waals surface area contributed by atoms with E-state index >= 15 is 0 Å². The molecule has 0 amide bonds. The lowest BCUT2D eigenvalue weighted by atomic mass is 10.2. The first-order valence-corrected chi connectivity index (χ1v) is 5.32. The molecule has 0 aromatic carbocycles. The highest BCUT2D eigenvalue weighted by molar-refractivity contribution is 7.86. The summed E-state index contributed by atoms with van der Waals surface area (Å²) in [6, 6.07) is -0.156. The van der Waals surface area contributed by atoms with Gasteiger partial charge in [-0.1, -0.05) is 0 Å². The van der Waals surface area contributed by atoms with Gasteiger partial charge in [0, 0.05) is 12.6 Å². The highest BCUT2D eigenvalue weighted by atomic mass is 32.2. The summed E-state index contributed by atoms with van der Waals surface area (Å²) in [6.45, 7) is 4.36. The minimum Gasteiger partial charge on any atom is -0.375 e. The van der Waals surface area contributed by atoms with Crippen LogP contribution in [0.25, 0.3) is 0 Å². The van der Waals surface area contributed by atoms with Gasteiger partial charge in [0.15, 0.2) is 0 Å². The number of ether oxygens (including phenoxy) is 1. The molecule has 72 valence electrons. The van der Waals surface area contributed by atoms with Crippen molar-refractivity contribution >= 4 is 10.2 Å². The van der Waals surface area contributed by atoms with Crippen molar-refractivity contribution in [3.05, 3.63) is 0 Å². The molecule has 0 aliphatic carbocycles. The largest absolute Gasteiger partial charge is 0.375 e. The molecule has 1 aliphatic rings. The second kappa shape index (κ2) is 3.29. The summed E-state index contributed by atoms with van der Waals surface area (Å²) in [5.41, 5.74) is 0. The first kappa shape index (κ1) is 9.91. The van der Waals surface area contributed by atoms with Crippen molar-refractivity contribution in [2.45, 2.75) is 26.0 Å². The van der Waals surface area contributed by atoms with Crippen molar-refractivity contribution in [1.82, 2.24) is 4.31 Å². The molecule has 0 saturated carbocycles. The van der Waals surface area contributed by atoms with Crippen molar-refractivity contribution in [3.63, 3.8) is 0 Å². The van der Waals surface area contributed by atoms with Gasteiger partial charge in [-0.3, -0.25) is 0 Å². The average Bonchev–Trinajstić information content (AvgIpc) is 1.92. The first-order chi connectivity index (χ1) is 5.41. The maximum atomic E-state index is 11.0. The average molecular weight is 194 g/mol. The Labute approximate surface area is 72.7 Å². The van der Waals surface area contributed by atoms with E-state index in [1.807, 2.05) is 6.92 Å². The van der Waals surface area contributed by atoms with Crippen LogP contribution in [0, 0.1) is 0 Å². The lowest BCUT2D eigenvalue weighted by molar-refractivity contribution is -0.0170. The van der Waals surface area contributed by atoms with Crippen LogP contribution in [0.4, 0.5) is 0 Å². The summed E-state index contributed by atoms with van der Waals surface area (Å²) in [4.78, 5) is 0. The number of hydrogen-bond acceptors (Lipinski definition) is 3. The standard InChI is InChI=1S/C6H14N2O3S/c1-5-4-11-6(2)3-8(5)12(7,9)10/h5-6H,3-4H2,1-2H3,(H2,7,9,10). The van der Waals surface area contributed by atoms with Crippen LogP contribution in [-0.2, 0) is 14.9 Å². The predicted molar refractivity (Wildman–Crippen MR) is 44.7 cm³/mol. The number of nitrogens with two attached hydrogens (primary N) is 1. The quantitative estimate of drug-likeness (QED) is 0.600. The van der Waals surface area contributed by atoms with Crippen LogP contribution in [0.5, 0.6) is 0 Å². The van der Waals surface area contributed by atoms with Gasteiger partial charge in [0.05, 0.1) is 12.7 Å². The Kier molecular flexibility index (Phi) is 2.72. The second-order valence-corrected chi connectivity index (χ2v) is 4.61. The summed E-state index contributed by atoms with van der Waals surface area (Å²) in [7, 11) is -3.55. The van der Waals surface area contributed by atoms with E-state index in [0.29, 0.717) is 13.2 Å². The molecule has 6 heteroatoms. The first-order valence-electron chi connectivity index (χ1n) is 3.82. The lowest BCUT2D eigenvalue weighted by Gasteiger charge is -2.34. The van der Waals surface area contributed by atoms with Crippen molar-refractivity contribution < 1.29 is 13.2 Å². The summed E-state index contributed by atoms with van der Waals surface area (Å²) in [6.07, 6.45) is -0.0699. The van der Waals surface area contributed by atoms with Gasteiger partial charge in [-0.05, 0) is 13.8 Å². The maximum absolute atomic E-state index is 11.0. The Balaban J connectivity index is 2.74. The molecule has 0 radical (unpaired) electrons. The Bertz CT molecular complexity index is 252. The lowest BCUT2D eigenvalue weighted by Crippen LogP contribution is -2.52. The van der Waals surface area contributed by atoms with E-state index < -0.39 is 10.2 Å². The number of morpholine rings is 1. The molecule has 1 rings (SSSR count). The summed E-state index contributed by atoms with van der Waals surface area (Å²) < 4.78 is 28.5. The Morgan fingerprint density at radius 2 is 2.08 bits per heavy atom. The van der Waals surface area contributed by atoms with Gasteiger partial charge in [0.25, 0.3) is 10.2 Å². The van der Waals surface area contributed by atoms with Gasteiger partial charge in [-0.2, -0.15) is 12.7 Å². The van der Waals surface area contributed by atoms with Crippen molar-refractivity contribution in [2.75, 3.05) is 13.2 Å². The van der Waals surface area contributed by atoms with Gasteiger partial charge >= 0.3 is 0 Å². The predicted octanol–water partition coefficient (Wildman–Crippen LogP) is -0.701. The van der Waals surface area contributed by atoms with Gasteiger partial charge < -0.3 is 4.74 Å². The fraction of sp³-hybridized carbons (Fsp3) is 1.00. The molecule has 0 aromatic heterocycles. The molecule has 2 atom stereocenters. The molecule has 2 unspecified atom stereocenters. The zero-order chi connectivity index (χ0) is 9.35. The Morgan fingerprint density at radius 3 is 2.50 bits per heavy atom. The highest BCUT2D eigenvalue weighted by Gasteiger charge is 2.30. The summed E-state index contributed by atoms with van der Waals surface area (Å²) in [5, 5.41) is 5.01. The van der Waals surface area contributed by atoms with Gasteiger partial charge in [-0.15, -0.1) is 0 Å². The maximum Gasteiger partial charge on any atom is 0.277 e. The van der Waals surface area contributed by atoms with E-state index in [2.05, 4.69) is 0 Å². The van der Waals surface area contributed by atoms with Crippen molar-refractivity contribution in [3.8, 4) is 0 Å². The normalized spacial score (nSPS) is 33.6. The smallest absolute Gasteiger partial charge is 0.277 e. The zero-order valence-corrected chi connectivity index (χ0v) is 8.04. The monoisotopic (exact) mass is 194 g/mol. The SMILES string of the molecule is CC1CN(S(N)(=O)=O)C(C)CO1. The molecule has 2 N–H and O–H groups in total. The number of rotatable bonds is 1. The topological polar surface area (TPSA) is 72.6 Å². The van der Waals surface area contributed by atoms with Crippen molar-refractivity contribution in [1.29, 1.82) is 0 Å². The number of hydrogen-bond donors (Lipinski definition) is 1. The highest BCUT2D eigenvalue weighted by Crippen LogP contribution is 2.12. The van der Waals surface area contributed by atoms with Crippen molar-refractivity contribution in [2.24, 2.45) is 5.14 Å². The zero-order valence-electron chi connectivity index (χ0n) is 7.23.